The summed E-state index contributed by atoms with van der Waals surface area (Å²) in [5.41, 5.74) is 5.75. The van der Waals surface area contributed by atoms with Gasteiger partial charge in [-0.1, -0.05) is 48.2 Å². The van der Waals surface area contributed by atoms with E-state index in [0.29, 0.717) is 17.5 Å². The fourth-order valence-electron chi connectivity index (χ4n) is 3.55. The Hall–Kier alpha value is -3.12. The number of benzene rings is 2. The molecule has 2 aromatic carbocycles. The highest BCUT2D eigenvalue weighted by Gasteiger charge is 2.20. The molecule has 0 saturated heterocycles. The largest absolute Gasteiger partial charge is 0.467 e. The highest BCUT2D eigenvalue weighted by atomic mass is 32.2. The maximum Gasteiger partial charge on any atom is 0.191 e. The lowest BCUT2D eigenvalue weighted by Crippen LogP contribution is -2.05. The lowest BCUT2D eigenvalue weighted by atomic mass is 10.0. The number of Topliss-reactive ketones (excluding diaryl/α,β-unsaturated/α-hetero) is 1. The van der Waals surface area contributed by atoms with E-state index in [2.05, 4.69) is 34.5 Å². The summed E-state index contributed by atoms with van der Waals surface area (Å²) >= 11 is 1.40. The fourth-order valence-corrected chi connectivity index (χ4v) is 4.35. The molecule has 1 aliphatic carbocycles. The summed E-state index contributed by atoms with van der Waals surface area (Å²) in [5.74, 6) is 1.23. The minimum Gasteiger partial charge on any atom is -0.467 e. The molecule has 138 valence electrons. The SMILES string of the molecule is O=C(CSc1nncn1Cc1ccco1)c1ccc2c(c1)-c1ccccc1C2. The number of aromatic nitrogens is 3. The zero-order valence-corrected chi connectivity index (χ0v) is 15.9. The molecule has 0 radical (unpaired) electrons. The Morgan fingerprint density at radius 1 is 1.07 bits per heavy atom. The normalized spacial score (nSPS) is 12.0. The Morgan fingerprint density at radius 3 is 2.86 bits per heavy atom. The molecule has 0 fully saturated rings. The predicted octanol–water partition coefficient (Wildman–Crippen LogP) is 4.47. The van der Waals surface area contributed by atoms with Crippen molar-refractivity contribution < 1.29 is 9.21 Å². The number of furan rings is 1. The Kier molecular flexibility index (Phi) is 4.33. The topological polar surface area (TPSA) is 60.9 Å². The first-order valence-electron chi connectivity index (χ1n) is 9.05. The number of carbonyl (C=O) groups excluding carboxylic acids is 1. The molecule has 1 aliphatic rings. The number of ketones is 1. The number of thioether (sulfide) groups is 1. The zero-order valence-electron chi connectivity index (χ0n) is 15.0. The Labute approximate surface area is 166 Å². The molecule has 0 amide bonds. The standard InChI is InChI=1S/C22H17N3O2S/c26-21(13-28-22-24-23-14-25(22)12-18-5-3-9-27-18)17-8-7-16-10-15-4-1-2-6-19(15)20(16)11-17/h1-9,11,14H,10,12-13H2. The van der Waals surface area contributed by atoms with E-state index in [1.165, 1.54) is 34.0 Å². The molecule has 0 bridgehead atoms. The van der Waals surface area contributed by atoms with Crippen LogP contribution in [-0.4, -0.2) is 26.3 Å². The highest BCUT2D eigenvalue weighted by Crippen LogP contribution is 2.37. The second-order valence-electron chi connectivity index (χ2n) is 6.74. The van der Waals surface area contributed by atoms with Gasteiger partial charge in [0.25, 0.3) is 0 Å². The number of rotatable bonds is 6. The minimum absolute atomic E-state index is 0.0877. The van der Waals surface area contributed by atoms with Crippen LogP contribution in [0.2, 0.25) is 0 Å². The number of fused-ring (bicyclic) bond motifs is 3. The molecule has 0 saturated carbocycles. The average Bonchev–Trinajstić information content (AvgIpc) is 3.46. The van der Waals surface area contributed by atoms with Gasteiger partial charge in [-0.05, 0) is 46.9 Å². The summed E-state index contributed by atoms with van der Waals surface area (Å²) in [5, 5.41) is 8.80. The molecule has 0 spiro atoms. The van der Waals surface area contributed by atoms with Crippen LogP contribution in [0.25, 0.3) is 11.1 Å². The molecule has 2 aromatic heterocycles. The van der Waals surface area contributed by atoms with Crippen LogP contribution in [0.3, 0.4) is 0 Å². The first-order chi connectivity index (χ1) is 13.8. The van der Waals surface area contributed by atoms with Crippen molar-refractivity contribution in [2.45, 2.75) is 18.1 Å². The van der Waals surface area contributed by atoms with Crippen LogP contribution in [0.4, 0.5) is 0 Å². The quantitative estimate of drug-likeness (QED) is 0.318. The van der Waals surface area contributed by atoms with Crippen molar-refractivity contribution in [3.8, 4) is 11.1 Å². The van der Waals surface area contributed by atoms with Gasteiger partial charge in [0.15, 0.2) is 10.9 Å². The van der Waals surface area contributed by atoms with Crippen LogP contribution in [0, 0.1) is 0 Å². The number of nitrogens with zero attached hydrogens (tertiary/aromatic N) is 3. The van der Waals surface area contributed by atoms with Gasteiger partial charge >= 0.3 is 0 Å². The van der Waals surface area contributed by atoms with E-state index in [-0.39, 0.29) is 5.78 Å². The van der Waals surface area contributed by atoms with Gasteiger partial charge in [0, 0.05) is 5.56 Å². The molecule has 0 atom stereocenters. The molecule has 28 heavy (non-hydrogen) atoms. The number of hydrogen-bond acceptors (Lipinski definition) is 5. The van der Waals surface area contributed by atoms with Crippen LogP contribution >= 0.6 is 11.8 Å². The highest BCUT2D eigenvalue weighted by molar-refractivity contribution is 7.99. The van der Waals surface area contributed by atoms with E-state index in [0.717, 1.165) is 17.7 Å². The lowest BCUT2D eigenvalue weighted by Gasteiger charge is -2.06. The molecular formula is C22H17N3O2S. The van der Waals surface area contributed by atoms with Crippen molar-refractivity contribution in [3.05, 3.63) is 89.6 Å². The minimum atomic E-state index is 0.0877. The maximum atomic E-state index is 12.8. The van der Waals surface area contributed by atoms with Crippen molar-refractivity contribution in [1.29, 1.82) is 0 Å². The monoisotopic (exact) mass is 387 g/mol. The maximum absolute atomic E-state index is 12.8. The predicted molar refractivity (Wildman–Crippen MR) is 108 cm³/mol. The van der Waals surface area contributed by atoms with Crippen LogP contribution < -0.4 is 0 Å². The van der Waals surface area contributed by atoms with Crippen molar-refractivity contribution >= 4 is 17.5 Å². The molecule has 0 unspecified atom stereocenters. The summed E-state index contributed by atoms with van der Waals surface area (Å²) in [6, 6.07) is 18.2. The molecule has 2 heterocycles. The van der Waals surface area contributed by atoms with Crippen molar-refractivity contribution in [1.82, 2.24) is 14.8 Å². The van der Waals surface area contributed by atoms with Crippen LogP contribution in [0.1, 0.15) is 27.2 Å². The van der Waals surface area contributed by atoms with E-state index in [9.17, 15) is 4.79 Å². The van der Waals surface area contributed by atoms with Crippen LogP contribution in [0.15, 0.2) is 76.8 Å². The molecule has 6 heteroatoms. The van der Waals surface area contributed by atoms with E-state index in [1.807, 2.05) is 34.9 Å². The van der Waals surface area contributed by atoms with Crippen molar-refractivity contribution in [3.63, 3.8) is 0 Å². The van der Waals surface area contributed by atoms with Crippen LogP contribution in [0.5, 0.6) is 0 Å². The Bertz CT molecular complexity index is 1150. The van der Waals surface area contributed by atoms with Gasteiger partial charge in [-0.2, -0.15) is 0 Å². The fraction of sp³-hybridized carbons (Fsp3) is 0.136. The van der Waals surface area contributed by atoms with Gasteiger partial charge in [-0.15, -0.1) is 10.2 Å². The van der Waals surface area contributed by atoms with E-state index in [4.69, 9.17) is 4.42 Å². The van der Waals surface area contributed by atoms with Gasteiger partial charge in [-0.3, -0.25) is 4.79 Å². The molecule has 5 nitrogen and oxygen atoms in total. The summed E-state index contributed by atoms with van der Waals surface area (Å²) in [6.45, 7) is 0.548. The summed E-state index contributed by atoms with van der Waals surface area (Å²) in [7, 11) is 0. The third-order valence-electron chi connectivity index (χ3n) is 4.94. The van der Waals surface area contributed by atoms with Gasteiger partial charge in [0.2, 0.25) is 0 Å². The number of carbonyl (C=O) groups is 1. The molecular weight excluding hydrogens is 370 g/mol. The summed E-state index contributed by atoms with van der Waals surface area (Å²) < 4.78 is 7.26. The van der Waals surface area contributed by atoms with E-state index >= 15 is 0 Å². The Balaban J connectivity index is 1.31. The van der Waals surface area contributed by atoms with Gasteiger partial charge in [0.1, 0.15) is 12.1 Å². The smallest absolute Gasteiger partial charge is 0.191 e. The van der Waals surface area contributed by atoms with Gasteiger partial charge in [-0.25, -0.2) is 0 Å². The molecule has 5 rings (SSSR count). The second kappa shape index (κ2) is 7.13. The van der Waals surface area contributed by atoms with Gasteiger partial charge in [0.05, 0.1) is 18.6 Å². The summed E-state index contributed by atoms with van der Waals surface area (Å²) in [6.07, 6.45) is 4.23. The molecule has 0 N–H and O–H groups in total. The molecule has 4 aromatic rings. The second-order valence-corrected chi connectivity index (χ2v) is 7.68. The average molecular weight is 387 g/mol. The van der Waals surface area contributed by atoms with Crippen molar-refractivity contribution in [2.75, 3.05) is 5.75 Å². The summed E-state index contributed by atoms with van der Waals surface area (Å²) in [4.78, 5) is 12.8. The first-order valence-corrected chi connectivity index (χ1v) is 10.0. The van der Waals surface area contributed by atoms with Crippen molar-refractivity contribution in [2.24, 2.45) is 0 Å². The van der Waals surface area contributed by atoms with E-state index < -0.39 is 0 Å². The first kappa shape index (κ1) is 17.0. The van der Waals surface area contributed by atoms with Gasteiger partial charge < -0.3 is 8.98 Å². The lowest BCUT2D eigenvalue weighted by molar-refractivity contribution is 0.102. The number of hydrogen-bond donors (Lipinski definition) is 0. The third-order valence-corrected chi connectivity index (χ3v) is 5.92. The zero-order chi connectivity index (χ0) is 18.9. The molecule has 0 aliphatic heterocycles. The Morgan fingerprint density at radius 2 is 1.96 bits per heavy atom. The van der Waals surface area contributed by atoms with E-state index in [1.54, 1.807) is 12.6 Å². The third kappa shape index (κ3) is 3.16. The van der Waals surface area contributed by atoms with Crippen LogP contribution in [-0.2, 0) is 13.0 Å².